The molecule has 0 N–H and O–H groups in total. The molecule has 0 bridgehead atoms. The van der Waals surface area contributed by atoms with E-state index in [4.69, 9.17) is 4.52 Å². The van der Waals surface area contributed by atoms with E-state index in [1.54, 1.807) is 30.9 Å². The summed E-state index contributed by atoms with van der Waals surface area (Å²) >= 11 is 0. The van der Waals surface area contributed by atoms with Crippen LogP contribution in [0.4, 0.5) is 0 Å². The van der Waals surface area contributed by atoms with Crippen molar-refractivity contribution in [1.82, 2.24) is 29.9 Å². The first-order valence-electron chi connectivity index (χ1n) is 9.27. The van der Waals surface area contributed by atoms with E-state index in [-0.39, 0.29) is 17.4 Å². The predicted octanol–water partition coefficient (Wildman–Crippen LogP) is 2.05. The Labute approximate surface area is 162 Å². The summed E-state index contributed by atoms with van der Waals surface area (Å²) in [4.78, 5) is 29.4. The van der Waals surface area contributed by atoms with E-state index < -0.39 is 0 Å². The number of amides is 1. The predicted molar refractivity (Wildman–Crippen MR) is 100 cm³/mol. The monoisotopic (exact) mass is 376 g/mol. The van der Waals surface area contributed by atoms with Crippen LogP contribution in [0.1, 0.15) is 28.7 Å². The first-order valence-corrected chi connectivity index (χ1v) is 9.27. The van der Waals surface area contributed by atoms with Crippen LogP contribution in [0.5, 0.6) is 0 Å². The molecule has 142 valence electrons. The summed E-state index contributed by atoms with van der Waals surface area (Å²) in [7, 11) is 2.07. The van der Waals surface area contributed by atoms with E-state index >= 15 is 0 Å². The highest BCUT2D eigenvalue weighted by Crippen LogP contribution is 2.47. The molecule has 5 heterocycles. The SMILES string of the molecule is CN1CC2(CC1c1nc(-c3ccncc3)no1)CN(C(=O)c1cccnc1)C2. The molecule has 5 rings (SSSR count). The van der Waals surface area contributed by atoms with Gasteiger partial charge in [0.1, 0.15) is 0 Å². The van der Waals surface area contributed by atoms with Crippen LogP contribution in [-0.4, -0.2) is 62.5 Å². The van der Waals surface area contributed by atoms with Gasteiger partial charge in [-0.05, 0) is 37.7 Å². The molecule has 0 saturated carbocycles. The van der Waals surface area contributed by atoms with E-state index in [1.165, 1.54) is 0 Å². The second-order valence-electron chi connectivity index (χ2n) is 7.73. The van der Waals surface area contributed by atoms with Gasteiger partial charge in [0, 0.05) is 55.4 Å². The lowest BCUT2D eigenvalue weighted by Gasteiger charge is -2.48. The Balaban J connectivity index is 1.28. The molecule has 1 spiro atoms. The highest BCUT2D eigenvalue weighted by molar-refractivity contribution is 5.94. The number of pyridine rings is 2. The number of hydrogen-bond donors (Lipinski definition) is 0. The van der Waals surface area contributed by atoms with Crippen LogP contribution in [0, 0.1) is 5.41 Å². The van der Waals surface area contributed by atoms with Gasteiger partial charge >= 0.3 is 0 Å². The smallest absolute Gasteiger partial charge is 0.255 e. The third-order valence-electron chi connectivity index (χ3n) is 5.66. The summed E-state index contributed by atoms with van der Waals surface area (Å²) in [5, 5.41) is 4.13. The van der Waals surface area contributed by atoms with Gasteiger partial charge in [-0.2, -0.15) is 4.98 Å². The number of aromatic nitrogens is 4. The maximum Gasteiger partial charge on any atom is 0.255 e. The Bertz CT molecular complexity index is 984. The molecule has 2 aliphatic rings. The first-order chi connectivity index (χ1) is 13.6. The summed E-state index contributed by atoms with van der Waals surface area (Å²) in [6.45, 7) is 2.39. The molecule has 1 amide bonds. The zero-order chi connectivity index (χ0) is 19.1. The van der Waals surface area contributed by atoms with E-state index in [2.05, 4.69) is 32.1 Å². The van der Waals surface area contributed by atoms with Crippen LogP contribution < -0.4 is 0 Å². The third kappa shape index (κ3) is 2.86. The third-order valence-corrected chi connectivity index (χ3v) is 5.66. The number of rotatable bonds is 3. The van der Waals surface area contributed by atoms with Crippen LogP contribution in [0.2, 0.25) is 0 Å². The van der Waals surface area contributed by atoms with Crippen LogP contribution in [-0.2, 0) is 0 Å². The molecule has 3 aromatic rings. The van der Waals surface area contributed by atoms with Crippen molar-refractivity contribution >= 4 is 5.91 Å². The Morgan fingerprint density at radius 3 is 2.71 bits per heavy atom. The fraction of sp³-hybridized carbons (Fsp3) is 0.350. The maximum absolute atomic E-state index is 12.6. The Kier molecular flexibility index (Phi) is 3.94. The molecule has 1 atom stereocenters. The molecule has 3 aromatic heterocycles. The fourth-order valence-electron chi connectivity index (χ4n) is 4.34. The molecule has 8 heteroatoms. The van der Waals surface area contributed by atoms with Gasteiger partial charge in [0.25, 0.3) is 5.91 Å². The van der Waals surface area contributed by atoms with Gasteiger partial charge in [0.15, 0.2) is 0 Å². The first kappa shape index (κ1) is 17.0. The van der Waals surface area contributed by atoms with Crippen LogP contribution in [0.15, 0.2) is 53.6 Å². The van der Waals surface area contributed by atoms with Gasteiger partial charge in [-0.25, -0.2) is 0 Å². The van der Waals surface area contributed by atoms with E-state index in [0.29, 0.717) is 17.3 Å². The number of nitrogens with zero attached hydrogens (tertiary/aromatic N) is 6. The summed E-state index contributed by atoms with van der Waals surface area (Å²) in [6, 6.07) is 7.39. The molecular weight excluding hydrogens is 356 g/mol. The van der Waals surface area contributed by atoms with Crippen LogP contribution in [0.3, 0.4) is 0 Å². The van der Waals surface area contributed by atoms with Crippen molar-refractivity contribution in [3.05, 3.63) is 60.5 Å². The molecule has 2 fully saturated rings. The van der Waals surface area contributed by atoms with Crippen LogP contribution in [0.25, 0.3) is 11.4 Å². The minimum atomic E-state index is 0.0441. The van der Waals surface area contributed by atoms with Crippen molar-refractivity contribution in [2.75, 3.05) is 26.7 Å². The van der Waals surface area contributed by atoms with E-state index in [9.17, 15) is 4.79 Å². The zero-order valence-electron chi connectivity index (χ0n) is 15.5. The van der Waals surface area contributed by atoms with E-state index in [1.807, 2.05) is 23.1 Å². The Hall–Kier alpha value is -3.13. The lowest BCUT2D eigenvalue weighted by molar-refractivity contribution is 0.0114. The second kappa shape index (κ2) is 6.49. The molecule has 8 nitrogen and oxygen atoms in total. The molecule has 0 radical (unpaired) electrons. The number of likely N-dealkylation sites (tertiary alicyclic amines) is 2. The van der Waals surface area contributed by atoms with Crippen molar-refractivity contribution in [3.8, 4) is 11.4 Å². The summed E-state index contributed by atoms with van der Waals surface area (Å²) in [5.41, 5.74) is 1.61. The molecular formula is C20H20N6O2. The molecule has 2 saturated heterocycles. The highest BCUT2D eigenvalue weighted by atomic mass is 16.5. The summed E-state index contributed by atoms with van der Waals surface area (Å²) in [6.07, 6.45) is 7.62. The van der Waals surface area contributed by atoms with Gasteiger partial charge in [-0.3, -0.25) is 19.7 Å². The molecule has 0 aromatic carbocycles. The molecule has 28 heavy (non-hydrogen) atoms. The van der Waals surface area contributed by atoms with Gasteiger partial charge < -0.3 is 9.42 Å². The largest absolute Gasteiger partial charge is 0.337 e. The lowest BCUT2D eigenvalue weighted by atomic mass is 9.77. The fourth-order valence-corrected chi connectivity index (χ4v) is 4.34. The quantitative estimate of drug-likeness (QED) is 0.691. The van der Waals surface area contributed by atoms with Crippen molar-refractivity contribution in [2.24, 2.45) is 5.41 Å². The lowest BCUT2D eigenvalue weighted by Crippen LogP contribution is -2.59. The van der Waals surface area contributed by atoms with Gasteiger partial charge in [0.05, 0.1) is 11.6 Å². The standard InChI is InChI=1S/C20H20N6O2/c1-25-11-20(12-26(13-20)19(27)15-3-2-6-22-10-15)9-16(25)18-23-17(24-28-18)14-4-7-21-8-5-14/h2-8,10,16H,9,11-13H2,1H3. The van der Waals surface area contributed by atoms with E-state index in [0.717, 1.165) is 31.6 Å². The van der Waals surface area contributed by atoms with Gasteiger partial charge in [-0.1, -0.05) is 5.16 Å². The molecule has 1 unspecified atom stereocenters. The summed E-state index contributed by atoms with van der Waals surface area (Å²) in [5.74, 6) is 1.25. The average molecular weight is 376 g/mol. The highest BCUT2D eigenvalue weighted by Gasteiger charge is 2.53. The van der Waals surface area contributed by atoms with Crippen molar-refractivity contribution in [3.63, 3.8) is 0 Å². The second-order valence-corrected chi connectivity index (χ2v) is 7.73. The topological polar surface area (TPSA) is 88.3 Å². The number of carbonyl (C=O) groups is 1. The Morgan fingerprint density at radius 1 is 1.14 bits per heavy atom. The normalized spacial score (nSPS) is 21.0. The zero-order valence-corrected chi connectivity index (χ0v) is 15.5. The molecule has 0 aliphatic carbocycles. The van der Waals surface area contributed by atoms with Crippen molar-refractivity contribution in [2.45, 2.75) is 12.5 Å². The van der Waals surface area contributed by atoms with Gasteiger partial charge in [0.2, 0.25) is 11.7 Å². The summed E-state index contributed by atoms with van der Waals surface area (Å²) < 4.78 is 5.57. The molecule has 2 aliphatic heterocycles. The maximum atomic E-state index is 12.6. The van der Waals surface area contributed by atoms with Crippen molar-refractivity contribution in [1.29, 1.82) is 0 Å². The average Bonchev–Trinajstić information content (AvgIpc) is 3.32. The minimum Gasteiger partial charge on any atom is -0.337 e. The van der Waals surface area contributed by atoms with Crippen LogP contribution >= 0.6 is 0 Å². The van der Waals surface area contributed by atoms with Crippen molar-refractivity contribution < 1.29 is 9.32 Å². The Morgan fingerprint density at radius 2 is 1.96 bits per heavy atom. The number of carbonyl (C=O) groups excluding carboxylic acids is 1. The van der Waals surface area contributed by atoms with Gasteiger partial charge in [-0.15, -0.1) is 0 Å². The number of hydrogen-bond acceptors (Lipinski definition) is 7. The minimum absolute atomic E-state index is 0.0441.